The van der Waals surface area contributed by atoms with E-state index in [0.29, 0.717) is 23.3 Å². The van der Waals surface area contributed by atoms with Gasteiger partial charge in [0.05, 0.1) is 0 Å². The van der Waals surface area contributed by atoms with E-state index in [0.717, 1.165) is 35.3 Å². The summed E-state index contributed by atoms with van der Waals surface area (Å²) in [5.41, 5.74) is 11.7. The van der Waals surface area contributed by atoms with Crippen LogP contribution >= 0.6 is 11.6 Å². The van der Waals surface area contributed by atoms with Gasteiger partial charge in [-0.05, 0) is 5.56 Å². The van der Waals surface area contributed by atoms with Crippen LogP contribution in [-0.4, -0.2) is 36.8 Å². The van der Waals surface area contributed by atoms with Crippen molar-refractivity contribution in [3.63, 3.8) is 0 Å². The Hall–Kier alpha value is -2.65. The first-order valence-corrected chi connectivity index (χ1v) is 15.1. The number of aryl methyl sites for hydroxylation is 1. The van der Waals surface area contributed by atoms with Crippen molar-refractivity contribution in [2.45, 2.75) is 46.6 Å². The number of ether oxygens (including phenoxy) is 1. The Kier molecular flexibility index (Phi) is 5.95. The number of amides is 1. The molecule has 36 heavy (non-hydrogen) atoms. The van der Waals surface area contributed by atoms with E-state index in [4.69, 9.17) is 27.1 Å². The van der Waals surface area contributed by atoms with Crippen molar-refractivity contribution >= 4 is 49.3 Å². The van der Waals surface area contributed by atoms with E-state index in [1.165, 1.54) is 18.4 Å². The topological polar surface area (TPSA) is 78.1 Å². The van der Waals surface area contributed by atoms with Gasteiger partial charge in [-0.25, -0.2) is 0 Å². The van der Waals surface area contributed by atoms with Crippen LogP contribution < -0.4 is 10.5 Å². The summed E-state index contributed by atoms with van der Waals surface area (Å²) in [5, 5.41) is 1.31. The van der Waals surface area contributed by atoms with Crippen molar-refractivity contribution in [1.29, 1.82) is 0 Å². The fraction of sp³-hybridized carbons (Fsp3) is 0.276. The summed E-state index contributed by atoms with van der Waals surface area (Å²) in [6.45, 7) is 4.82. The number of primary amides is 1. The second kappa shape index (κ2) is 9.03. The molecule has 4 aromatic rings. The normalized spacial score (nSPS) is 22.4. The summed E-state index contributed by atoms with van der Waals surface area (Å²) >= 11 is 7.19. The molecular weight excluding hydrogens is 585 g/mol. The predicted octanol–water partition coefficient (Wildman–Crippen LogP) is 6.28. The molecule has 182 valence electrons. The number of nitrogens with zero attached hydrogens (tertiary/aromatic N) is 2. The Bertz CT molecular complexity index is 1500. The zero-order valence-electron chi connectivity index (χ0n) is 20.1. The third-order valence-corrected chi connectivity index (χ3v) is 11.6. The molecule has 2 aromatic carbocycles. The van der Waals surface area contributed by atoms with Gasteiger partial charge in [-0.3, -0.25) is 9.78 Å². The Morgan fingerprint density at radius 2 is 1.92 bits per heavy atom. The molecule has 2 aliphatic rings. The first-order valence-electron chi connectivity index (χ1n) is 12.1. The number of carbonyl (C=O) groups is 1. The van der Waals surface area contributed by atoms with E-state index in [9.17, 15) is 4.79 Å². The molecular formula is C29H26ClN3O2Te. The molecule has 1 amide bonds. The van der Waals surface area contributed by atoms with Gasteiger partial charge in [-0.1, -0.05) is 30.3 Å². The van der Waals surface area contributed by atoms with Crippen LogP contribution in [0.2, 0.25) is 13.0 Å². The summed E-state index contributed by atoms with van der Waals surface area (Å²) in [7, 11) is 0. The molecule has 2 atom stereocenters. The van der Waals surface area contributed by atoms with Crippen LogP contribution in [0.1, 0.15) is 46.9 Å². The van der Waals surface area contributed by atoms with Crippen LogP contribution in [0.5, 0.6) is 5.75 Å². The van der Waals surface area contributed by atoms with E-state index < -0.39 is 5.91 Å². The van der Waals surface area contributed by atoms with Gasteiger partial charge in [0.2, 0.25) is 0 Å². The number of hydrogen-bond acceptors (Lipinski definition) is 4. The number of benzene rings is 2. The fourth-order valence-corrected chi connectivity index (χ4v) is 10.1. The second-order valence-corrected chi connectivity index (χ2v) is 14.7. The average molecular weight is 612 g/mol. The van der Waals surface area contributed by atoms with Gasteiger partial charge in [-0.2, -0.15) is 0 Å². The van der Waals surface area contributed by atoms with Crippen molar-refractivity contribution in [3.05, 3.63) is 88.2 Å². The Morgan fingerprint density at radius 1 is 1.17 bits per heavy atom. The molecule has 2 unspecified atom stereocenters. The number of pyridine rings is 2. The van der Waals surface area contributed by atoms with Crippen molar-refractivity contribution in [2.24, 2.45) is 5.73 Å². The molecule has 2 fully saturated rings. The minimum atomic E-state index is -0.617. The first kappa shape index (κ1) is 23.7. The molecule has 6 rings (SSSR count). The van der Waals surface area contributed by atoms with Crippen molar-refractivity contribution in [2.75, 3.05) is 0 Å². The van der Waals surface area contributed by atoms with E-state index in [1.54, 1.807) is 12.3 Å². The van der Waals surface area contributed by atoms with Gasteiger partial charge in [0, 0.05) is 0 Å². The molecule has 1 saturated heterocycles. The molecule has 0 bridgehead atoms. The van der Waals surface area contributed by atoms with Crippen LogP contribution in [-0.2, 0) is 12.0 Å². The molecule has 3 heterocycles. The minimum absolute atomic E-state index is 0.149. The van der Waals surface area contributed by atoms with E-state index >= 15 is 0 Å². The zero-order valence-corrected chi connectivity index (χ0v) is 23.2. The molecule has 7 heteroatoms. The molecule has 1 aliphatic heterocycles. The van der Waals surface area contributed by atoms with Crippen molar-refractivity contribution in [1.82, 2.24) is 9.97 Å². The number of halogens is 1. The third-order valence-electron chi connectivity index (χ3n) is 7.39. The number of rotatable bonds is 6. The Labute approximate surface area is 225 Å². The van der Waals surface area contributed by atoms with Gasteiger partial charge in [0.15, 0.2) is 0 Å². The molecule has 2 N–H and O–H groups in total. The van der Waals surface area contributed by atoms with Gasteiger partial charge >= 0.3 is 169 Å². The Morgan fingerprint density at radius 3 is 2.64 bits per heavy atom. The van der Waals surface area contributed by atoms with Crippen LogP contribution in [0.15, 0.2) is 60.8 Å². The second-order valence-electron chi connectivity index (χ2n) is 10.0. The summed E-state index contributed by atoms with van der Waals surface area (Å²) < 4.78 is 8.24. The van der Waals surface area contributed by atoms with Gasteiger partial charge in [-0.15, -0.1) is 0 Å². The molecule has 0 spiro atoms. The van der Waals surface area contributed by atoms with Crippen LogP contribution in [0.3, 0.4) is 0 Å². The average Bonchev–Trinajstić information content (AvgIpc) is 3.49. The number of hydrogen-bond donors (Lipinski definition) is 1. The summed E-state index contributed by atoms with van der Waals surface area (Å²) in [4.78, 5) is 21.3. The number of aromatic nitrogens is 2. The van der Waals surface area contributed by atoms with Gasteiger partial charge < -0.3 is 5.73 Å². The molecule has 1 saturated carbocycles. The third kappa shape index (κ3) is 4.26. The summed E-state index contributed by atoms with van der Waals surface area (Å²) in [6.07, 6.45) is 4.10. The first-order chi connectivity index (χ1) is 17.3. The maximum atomic E-state index is 12.2. The van der Waals surface area contributed by atoms with Gasteiger partial charge in [0.25, 0.3) is 5.91 Å². The van der Waals surface area contributed by atoms with Crippen molar-refractivity contribution in [3.8, 4) is 17.0 Å². The van der Waals surface area contributed by atoms with Crippen LogP contribution in [0.4, 0.5) is 0 Å². The van der Waals surface area contributed by atoms with E-state index in [1.807, 2.05) is 42.5 Å². The standard InChI is InChI=1S/C29H26ClN3O2Te/c1-16-10-19(29(2)13-24-25(14-29)36-24)20(30)11-18(16)22-12-23(35-15-17-6-4-3-5-7-17)26-21(33-22)8-9-32-27(26)28(31)34/h3-12,24-25H,13-15H2,1-2H3,(H2,31,34). The maximum absolute atomic E-state index is 12.2. The quantitative estimate of drug-likeness (QED) is 0.260. The zero-order chi connectivity index (χ0) is 25.0. The monoisotopic (exact) mass is 613 g/mol. The molecule has 1 aliphatic carbocycles. The molecule has 2 aromatic heterocycles. The SMILES string of the molecule is Cc1cc(C2(C)CC3[Te]C3C2)c(Cl)cc1-c1cc(OCc2ccccc2)c2c(C(N)=O)nccc2n1. The van der Waals surface area contributed by atoms with Crippen molar-refractivity contribution < 1.29 is 9.53 Å². The van der Waals surface area contributed by atoms with E-state index in [2.05, 4.69) is 24.9 Å². The van der Waals surface area contributed by atoms with Crippen LogP contribution in [0, 0.1) is 6.92 Å². The molecule has 5 nitrogen and oxygen atoms in total. The predicted molar refractivity (Wildman–Crippen MR) is 144 cm³/mol. The number of nitrogens with two attached hydrogens (primary N) is 1. The van der Waals surface area contributed by atoms with Gasteiger partial charge in [0.1, 0.15) is 0 Å². The summed E-state index contributed by atoms with van der Waals surface area (Å²) in [6, 6.07) is 17.8. The summed E-state index contributed by atoms with van der Waals surface area (Å²) in [5.74, 6) is -0.0955. The van der Waals surface area contributed by atoms with E-state index in [-0.39, 0.29) is 32.0 Å². The number of fused-ring (bicyclic) bond motifs is 2. The Balaban J connectivity index is 1.45. The van der Waals surface area contributed by atoms with Crippen LogP contribution in [0.25, 0.3) is 22.2 Å². The number of carbonyl (C=O) groups excluding carboxylic acids is 1. The molecule has 0 radical (unpaired) electrons. The fourth-order valence-electron chi connectivity index (χ4n) is 5.47.